The van der Waals surface area contributed by atoms with Crippen molar-refractivity contribution in [2.24, 2.45) is 0 Å². The summed E-state index contributed by atoms with van der Waals surface area (Å²) >= 11 is 0. The number of nitrogens with zero attached hydrogens (tertiary/aromatic N) is 2. The predicted octanol–water partition coefficient (Wildman–Crippen LogP) is 3.58. The van der Waals surface area contributed by atoms with Crippen LogP contribution in [-0.4, -0.2) is 23.4 Å². The normalized spacial score (nSPS) is 17.9. The van der Waals surface area contributed by atoms with E-state index in [4.69, 9.17) is 9.15 Å². The highest BCUT2D eigenvalue weighted by molar-refractivity contribution is 5.52. The van der Waals surface area contributed by atoms with E-state index in [2.05, 4.69) is 17.1 Å². The maximum Gasteiger partial charge on any atom is 0.247 e. The van der Waals surface area contributed by atoms with Crippen molar-refractivity contribution in [3.63, 3.8) is 0 Å². The van der Waals surface area contributed by atoms with E-state index in [1.165, 1.54) is 5.56 Å². The fraction of sp³-hybridized carbons (Fsp3) is 0.467. The Morgan fingerprint density at radius 2 is 1.84 bits per heavy atom. The van der Waals surface area contributed by atoms with Gasteiger partial charge < -0.3 is 9.15 Å². The molecule has 0 spiro atoms. The molecule has 19 heavy (non-hydrogen) atoms. The molecule has 2 heterocycles. The van der Waals surface area contributed by atoms with Crippen molar-refractivity contribution in [3.8, 4) is 11.5 Å². The Morgan fingerprint density at radius 3 is 2.47 bits per heavy atom. The molecular weight excluding hydrogens is 240 g/mol. The van der Waals surface area contributed by atoms with Crippen LogP contribution in [0.3, 0.4) is 0 Å². The fourth-order valence-electron chi connectivity index (χ4n) is 1.94. The van der Waals surface area contributed by atoms with Crippen molar-refractivity contribution in [2.75, 3.05) is 13.2 Å². The van der Waals surface area contributed by atoms with Gasteiger partial charge in [0.15, 0.2) is 0 Å². The van der Waals surface area contributed by atoms with Gasteiger partial charge in [-0.2, -0.15) is 0 Å². The molecule has 1 aromatic carbocycles. The third-order valence-corrected chi connectivity index (χ3v) is 3.02. The zero-order valence-corrected chi connectivity index (χ0v) is 11.7. The Bertz CT molecular complexity index is 499. The topological polar surface area (TPSA) is 48.2 Å². The number of hydrogen-bond acceptors (Lipinski definition) is 4. The average molecular weight is 260 g/mol. The van der Waals surface area contributed by atoms with E-state index in [9.17, 15) is 0 Å². The van der Waals surface area contributed by atoms with Crippen molar-refractivity contribution in [1.29, 1.82) is 0 Å². The molecule has 1 aromatic heterocycles. The van der Waals surface area contributed by atoms with Gasteiger partial charge in [-0.15, -0.1) is 10.2 Å². The van der Waals surface area contributed by atoms with E-state index in [1.807, 2.05) is 38.1 Å². The third-order valence-electron chi connectivity index (χ3n) is 3.02. The molecule has 0 aliphatic carbocycles. The summed E-state index contributed by atoms with van der Waals surface area (Å²) < 4.78 is 11.0. The van der Waals surface area contributed by atoms with Crippen LogP contribution in [0.1, 0.15) is 37.6 Å². The van der Waals surface area contributed by atoms with Gasteiger partial charge in [0.05, 0.1) is 12.5 Å². The predicted molar refractivity (Wildman–Crippen MR) is 74.0 cm³/mol. The lowest BCUT2D eigenvalue weighted by molar-refractivity contribution is 0.191. The van der Waals surface area contributed by atoms with Crippen molar-refractivity contribution >= 4 is 0 Å². The van der Waals surface area contributed by atoms with Crippen molar-refractivity contribution in [1.82, 2.24) is 10.2 Å². The summed E-state index contributed by atoms with van der Waals surface area (Å²) in [5.74, 6) is 1.55. The molecule has 1 saturated heterocycles. The van der Waals surface area contributed by atoms with Crippen LogP contribution in [0.25, 0.3) is 11.5 Å². The van der Waals surface area contributed by atoms with Gasteiger partial charge in [-0.25, -0.2) is 0 Å². The highest BCUT2D eigenvalue weighted by atomic mass is 16.5. The molecule has 2 aromatic rings. The summed E-state index contributed by atoms with van der Waals surface area (Å²) in [5.41, 5.74) is 2.19. The van der Waals surface area contributed by atoms with E-state index < -0.39 is 0 Å². The number of benzene rings is 1. The fourth-order valence-corrected chi connectivity index (χ4v) is 1.94. The van der Waals surface area contributed by atoms with Crippen LogP contribution in [0.15, 0.2) is 28.7 Å². The summed E-state index contributed by atoms with van der Waals surface area (Å²) in [7, 11) is 0. The third kappa shape index (κ3) is 3.20. The molecule has 102 valence electrons. The average Bonchev–Trinajstić information content (AvgIpc) is 3.13. The van der Waals surface area contributed by atoms with Crippen LogP contribution in [0.4, 0.5) is 0 Å². The summed E-state index contributed by atoms with van der Waals surface area (Å²) in [4.78, 5) is 0. The van der Waals surface area contributed by atoms with E-state index in [0.717, 1.165) is 18.6 Å². The van der Waals surface area contributed by atoms with Gasteiger partial charge in [0.25, 0.3) is 0 Å². The molecule has 4 nitrogen and oxygen atoms in total. The second-order valence-electron chi connectivity index (χ2n) is 4.37. The number of hydrogen-bond donors (Lipinski definition) is 0. The van der Waals surface area contributed by atoms with E-state index in [0.29, 0.717) is 18.4 Å². The summed E-state index contributed by atoms with van der Waals surface area (Å²) in [6, 6.07) is 8.07. The quantitative estimate of drug-likeness (QED) is 0.828. The standard InChI is InChI=1S/C13H14N2O2.C2H6/c1-9-2-4-10(5-3-9)12-14-15-13(17-12)11-6-7-16-8-11;1-2/h2-5,11H,6-8H2,1H3;1-2H3. The van der Waals surface area contributed by atoms with Gasteiger partial charge in [0.1, 0.15) is 0 Å². The molecule has 4 heteroatoms. The molecule has 0 bridgehead atoms. The summed E-state index contributed by atoms with van der Waals surface area (Å²) in [5, 5.41) is 8.19. The summed E-state index contributed by atoms with van der Waals surface area (Å²) in [6.07, 6.45) is 0.968. The molecule has 0 N–H and O–H groups in total. The Hall–Kier alpha value is -1.68. The van der Waals surface area contributed by atoms with Crippen LogP contribution in [0, 0.1) is 6.92 Å². The Balaban J connectivity index is 0.000000637. The molecule has 0 radical (unpaired) electrons. The molecule has 1 aliphatic heterocycles. The minimum Gasteiger partial charge on any atom is -0.420 e. The maximum absolute atomic E-state index is 5.69. The number of aryl methyl sites for hydroxylation is 1. The van der Waals surface area contributed by atoms with Crippen molar-refractivity contribution in [2.45, 2.75) is 33.1 Å². The molecule has 1 unspecified atom stereocenters. The molecule has 0 saturated carbocycles. The van der Waals surface area contributed by atoms with Crippen LogP contribution >= 0.6 is 0 Å². The Kier molecular flexibility index (Phi) is 4.68. The highest BCUT2D eigenvalue weighted by Gasteiger charge is 2.23. The van der Waals surface area contributed by atoms with Crippen LogP contribution in [0.2, 0.25) is 0 Å². The zero-order valence-electron chi connectivity index (χ0n) is 11.7. The Labute approximate surface area is 113 Å². The number of ether oxygens (including phenoxy) is 1. The zero-order chi connectivity index (χ0) is 13.7. The smallest absolute Gasteiger partial charge is 0.247 e. The number of rotatable bonds is 2. The van der Waals surface area contributed by atoms with Crippen LogP contribution in [0.5, 0.6) is 0 Å². The summed E-state index contributed by atoms with van der Waals surface area (Å²) in [6.45, 7) is 7.53. The van der Waals surface area contributed by atoms with Gasteiger partial charge in [0, 0.05) is 12.2 Å². The van der Waals surface area contributed by atoms with Gasteiger partial charge in [0.2, 0.25) is 11.8 Å². The number of aromatic nitrogens is 2. The van der Waals surface area contributed by atoms with Crippen molar-refractivity contribution in [3.05, 3.63) is 35.7 Å². The first-order chi connectivity index (χ1) is 9.33. The lowest BCUT2D eigenvalue weighted by atomic mass is 10.1. The minimum absolute atomic E-state index is 0.265. The first kappa shape index (κ1) is 13.7. The molecule has 1 fully saturated rings. The lowest BCUT2D eigenvalue weighted by Crippen LogP contribution is -1.97. The second kappa shape index (κ2) is 6.48. The monoisotopic (exact) mass is 260 g/mol. The largest absolute Gasteiger partial charge is 0.420 e. The first-order valence-corrected chi connectivity index (χ1v) is 6.81. The second-order valence-corrected chi connectivity index (χ2v) is 4.37. The van der Waals surface area contributed by atoms with Gasteiger partial charge >= 0.3 is 0 Å². The van der Waals surface area contributed by atoms with Gasteiger partial charge in [-0.05, 0) is 25.5 Å². The molecule has 1 atom stereocenters. The van der Waals surface area contributed by atoms with E-state index in [-0.39, 0.29) is 5.92 Å². The van der Waals surface area contributed by atoms with Crippen LogP contribution < -0.4 is 0 Å². The van der Waals surface area contributed by atoms with Gasteiger partial charge in [-0.3, -0.25) is 0 Å². The maximum atomic E-state index is 5.69. The minimum atomic E-state index is 0.265. The van der Waals surface area contributed by atoms with E-state index >= 15 is 0 Å². The molecule has 0 amide bonds. The highest BCUT2D eigenvalue weighted by Crippen LogP contribution is 2.26. The lowest BCUT2D eigenvalue weighted by Gasteiger charge is -1.99. The SMILES string of the molecule is CC.Cc1ccc(-c2nnc(C3CCOC3)o2)cc1. The molecular formula is C15H20N2O2. The molecule has 1 aliphatic rings. The van der Waals surface area contributed by atoms with Crippen LogP contribution in [-0.2, 0) is 4.74 Å². The van der Waals surface area contributed by atoms with Crippen molar-refractivity contribution < 1.29 is 9.15 Å². The van der Waals surface area contributed by atoms with E-state index in [1.54, 1.807) is 0 Å². The molecule has 3 rings (SSSR count). The first-order valence-electron chi connectivity index (χ1n) is 6.81. The Morgan fingerprint density at radius 1 is 1.11 bits per heavy atom. The van der Waals surface area contributed by atoms with Gasteiger partial charge in [-0.1, -0.05) is 31.5 Å².